The molecule has 1 saturated carbocycles. The summed E-state index contributed by atoms with van der Waals surface area (Å²) in [6, 6.07) is 9.37. The largest absolute Gasteiger partial charge is 0.491 e. The molecule has 0 radical (unpaired) electrons. The second kappa shape index (κ2) is 13.5. The number of amides is 2. The van der Waals surface area contributed by atoms with Crippen molar-refractivity contribution < 1.29 is 33.5 Å². The van der Waals surface area contributed by atoms with Crippen molar-refractivity contribution in [3.8, 4) is 11.6 Å². The highest BCUT2D eigenvalue weighted by Crippen LogP contribution is 2.38. The van der Waals surface area contributed by atoms with Crippen LogP contribution in [0.15, 0.2) is 47.1 Å². The van der Waals surface area contributed by atoms with Crippen LogP contribution in [0.2, 0.25) is 0 Å². The number of rotatable bonds is 15. The third kappa shape index (κ3) is 7.99. The van der Waals surface area contributed by atoms with E-state index in [1.165, 1.54) is 19.4 Å². The first kappa shape index (κ1) is 28.5. The highest BCUT2D eigenvalue weighted by molar-refractivity contribution is 6.02. The maximum atomic E-state index is 13.3. The SMILES string of the molecule is COc1nccc(OC[C@H](N)Cc2ccccc2)c1C(=O)N[C@@H](CC(=O)O)C(=O)NCCc1nc(C2CC2)no1. The molecule has 5 N–H and O–H groups in total. The van der Waals surface area contributed by atoms with Crippen LogP contribution in [0.3, 0.4) is 0 Å². The van der Waals surface area contributed by atoms with Crippen LogP contribution in [0.5, 0.6) is 11.6 Å². The van der Waals surface area contributed by atoms with Gasteiger partial charge in [0, 0.05) is 31.1 Å². The summed E-state index contributed by atoms with van der Waals surface area (Å²) in [5.41, 5.74) is 7.18. The van der Waals surface area contributed by atoms with Crippen molar-refractivity contribution in [1.29, 1.82) is 0 Å². The molecule has 212 valence electrons. The van der Waals surface area contributed by atoms with E-state index in [9.17, 15) is 19.5 Å². The quantitative estimate of drug-likeness (QED) is 0.212. The van der Waals surface area contributed by atoms with E-state index in [-0.39, 0.29) is 42.8 Å². The van der Waals surface area contributed by atoms with Gasteiger partial charge in [0.25, 0.3) is 5.91 Å². The van der Waals surface area contributed by atoms with Gasteiger partial charge in [-0.1, -0.05) is 35.5 Å². The number of hydrogen-bond acceptors (Lipinski definition) is 10. The molecule has 0 saturated heterocycles. The highest BCUT2D eigenvalue weighted by Gasteiger charge is 2.30. The number of hydrogen-bond donors (Lipinski definition) is 4. The fraction of sp³-hybridized carbons (Fsp3) is 0.407. The molecule has 13 nitrogen and oxygen atoms in total. The van der Waals surface area contributed by atoms with Crippen LogP contribution in [0.4, 0.5) is 0 Å². The minimum Gasteiger partial charge on any atom is -0.491 e. The van der Waals surface area contributed by atoms with E-state index < -0.39 is 30.2 Å². The van der Waals surface area contributed by atoms with Crippen molar-refractivity contribution in [3.05, 3.63) is 65.4 Å². The molecule has 40 heavy (non-hydrogen) atoms. The Balaban J connectivity index is 1.38. The zero-order chi connectivity index (χ0) is 28.5. The summed E-state index contributed by atoms with van der Waals surface area (Å²) in [5, 5.41) is 18.4. The lowest BCUT2D eigenvalue weighted by Gasteiger charge is -2.20. The average molecular weight is 553 g/mol. The topological polar surface area (TPSA) is 192 Å². The van der Waals surface area contributed by atoms with E-state index in [1.54, 1.807) is 0 Å². The summed E-state index contributed by atoms with van der Waals surface area (Å²) in [5.74, 6) is -1.31. The van der Waals surface area contributed by atoms with Crippen LogP contribution in [-0.2, 0) is 22.4 Å². The number of carbonyl (C=O) groups is 3. The van der Waals surface area contributed by atoms with Gasteiger partial charge in [-0.15, -0.1) is 0 Å². The molecule has 2 atom stereocenters. The zero-order valence-corrected chi connectivity index (χ0v) is 22.0. The van der Waals surface area contributed by atoms with Gasteiger partial charge >= 0.3 is 5.97 Å². The summed E-state index contributed by atoms with van der Waals surface area (Å²) < 4.78 is 16.3. The number of aromatic nitrogens is 3. The van der Waals surface area contributed by atoms with Gasteiger partial charge in [0.15, 0.2) is 5.82 Å². The lowest BCUT2D eigenvalue weighted by Crippen LogP contribution is -2.48. The molecule has 0 unspecified atom stereocenters. The number of nitrogens with zero attached hydrogens (tertiary/aromatic N) is 3. The van der Waals surface area contributed by atoms with Gasteiger partial charge in [0.2, 0.25) is 17.7 Å². The van der Waals surface area contributed by atoms with Crippen LogP contribution in [0, 0.1) is 0 Å². The number of aliphatic carboxylic acids is 1. The molecule has 1 aliphatic rings. The summed E-state index contributed by atoms with van der Waals surface area (Å²) in [6.07, 6.45) is 3.63. The predicted octanol–water partition coefficient (Wildman–Crippen LogP) is 1.23. The Morgan fingerprint density at radius 3 is 2.67 bits per heavy atom. The maximum Gasteiger partial charge on any atom is 0.305 e. The van der Waals surface area contributed by atoms with Gasteiger partial charge < -0.3 is 35.5 Å². The van der Waals surface area contributed by atoms with Crippen molar-refractivity contribution in [2.24, 2.45) is 5.73 Å². The fourth-order valence-electron chi connectivity index (χ4n) is 3.99. The van der Waals surface area contributed by atoms with Gasteiger partial charge in [-0.3, -0.25) is 14.4 Å². The van der Waals surface area contributed by atoms with Crippen LogP contribution in [0.1, 0.15) is 52.8 Å². The molecule has 13 heteroatoms. The molecular weight excluding hydrogens is 520 g/mol. The Morgan fingerprint density at radius 2 is 1.98 bits per heavy atom. The minimum absolute atomic E-state index is 0.0519. The molecular formula is C27H32N6O7. The van der Waals surface area contributed by atoms with Gasteiger partial charge in [0.05, 0.1) is 13.5 Å². The van der Waals surface area contributed by atoms with E-state index in [0.717, 1.165) is 18.4 Å². The molecule has 1 aliphatic carbocycles. The number of nitrogens with one attached hydrogen (secondary N) is 2. The van der Waals surface area contributed by atoms with Crippen molar-refractivity contribution in [1.82, 2.24) is 25.8 Å². The molecule has 2 heterocycles. The minimum atomic E-state index is -1.38. The van der Waals surface area contributed by atoms with Gasteiger partial charge in [-0.2, -0.15) is 4.98 Å². The third-order valence-electron chi connectivity index (χ3n) is 6.16. The zero-order valence-electron chi connectivity index (χ0n) is 22.0. The molecule has 4 rings (SSSR count). The van der Waals surface area contributed by atoms with Gasteiger partial charge in [-0.05, 0) is 30.9 Å². The number of carboxylic acids is 1. The van der Waals surface area contributed by atoms with Crippen LogP contribution >= 0.6 is 0 Å². The van der Waals surface area contributed by atoms with Crippen LogP contribution < -0.4 is 25.8 Å². The first-order valence-electron chi connectivity index (χ1n) is 12.9. The molecule has 0 aliphatic heterocycles. The van der Waals surface area contributed by atoms with Gasteiger partial charge in [0.1, 0.15) is 24.0 Å². The standard InChI is InChI=1S/C27H32N6O7/c1-38-27-23(20(9-11-30-27)39-15-18(28)13-16-5-3-2-4-6-16)26(37)31-19(14-22(34)35)25(36)29-12-10-21-32-24(33-40-21)17-7-8-17/h2-6,9,11,17-19H,7-8,10,12-15,28H2,1H3,(H,29,36)(H,31,37)(H,34,35)/t18-,19+/m1/s1. The monoisotopic (exact) mass is 552 g/mol. The van der Waals surface area contributed by atoms with Crippen LogP contribution in [-0.4, -0.2) is 70.4 Å². The van der Waals surface area contributed by atoms with E-state index in [2.05, 4.69) is 25.8 Å². The Kier molecular flexibility index (Phi) is 9.62. The Bertz CT molecular complexity index is 1310. The highest BCUT2D eigenvalue weighted by atomic mass is 16.5. The number of carboxylic acid groups (broad SMARTS) is 1. The average Bonchev–Trinajstić information content (AvgIpc) is 3.69. The molecule has 3 aromatic rings. The number of carbonyl (C=O) groups excluding carboxylic acids is 2. The number of methoxy groups -OCH3 is 1. The van der Waals surface area contributed by atoms with E-state index in [1.807, 2.05) is 30.3 Å². The summed E-state index contributed by atoms with van der Waals surface area (Å²) in [7, 11) is 1.33. The first-order valence-corrected chi connectivity index (χ1v) is 12.9. The van der Waals surface area contributed by atoms with Crippen LogP contribution in [0.25, 0.3) is 0 Å². The molecule has 0 spiro atoms. The lowest BCUT2D eigenvalue weighted by molar-refractivity contribution is -0.139. The van der Waals surface area contributed by atoms with E-state index in [0.29, 0.717) is 24.1 Å². The number of nitrogens with two attached hydrogens (primary N) is 1. The first-order chi connectivity index (χ1) is 19.3. The molecule has 2 aromatic heterocycles. The Morgan fingerprint density at radius 1 is 1.20 bits per heavy atom. The van der Waals surface area contributed by atoms with Crippen molar-refractivity contribution in [2.75, 3.05) is 20.3 Å². The molecule has 1 fully saturated rings. The van der Waals surface area contributed by atoms with Crippen molar-refractivity contribution in [2.45, 2.75) is 50.1 Å². The number of pyridine rings is 1. The second-order valence-electron chi connectivity index (χ2n) is 9.44. The third-order valence-corrected chi connectivity index (χ3v) is 6.16. The lowest BCUT2D eigenvalue weighted by atomic mass is 10.1. The predicted molar refractivity (Wildman–Crippen MR) is 141 cm³/mol. The Labute approximate surface area is 230 Å². The summed E-state index contributed by atoms with van der Waals surface area (Å²) in [6.45, 7) is 0.195. The normalized spacial score (nSPS) is 14.2. The summed E-state index contributed by atoms with van der Waals surface area (Å²) >= 11 is 0. The maximum absolute atomic E-state index is 13.3. The fourth-order valence-corrected chi connectivity index (χ4v) is 3.99. The number of benzene rings is 1. The van der Waals surface area contributed by atoms with Gasteiger partial charge in [-0.25, -0.2) is 4.98 Å². The van der Waals surface area contributed by atoms with E-state index >= 15 is 0 Å². The second-order valence-corrected chi connectivity index (χ2v) is 9.44. The van der Waals surface area contributed by atoms with Crippen molar-refractivity contribution in [3.63, 3.8) is 0 Å². The molecule has 2 amide bonds. The number of ether oxygens (including phenoxy) is 2. The Hall–Kier alpha value is -4.52. The molecule has 1 aromatic carbocycles. The smallest absolute Gasteiger partial charge is 0.305 e. The summed E-state index contributed by atoms with van der Waals surface area (Å²) in [4.78, 5) is 46.0. The van der Waals surface area contributed by atoms with Crippen molar-refractivity contribution >= 4 is 17.8 Å². The molecule has 0 bridgehead atoms. The van der Waals surface area contributed by atoms with E-state index in [4.69, 9.17) is 19.7 Å².